The number of carbonyl (C=O) groups is 1. The van der Waals surface area contributed by atoms with Crippen molar-refractivity contribution in [3.8, 4) is 6.07 Å². The molecule has 2 aromatic rings. The molecule has 1 aromatic carbocycles. The van der Waals surface area contributed by atoms with Crippen LogP contribution in [0, 0.1) is 17.2 Å². The van der Waals surface area contributed by atoms with Gasteiger partial charge in [0.2, 0.25) is 0 Å². The maximum Gasteiger partial charge on any atom is 0.321 e. The largest absolute Gasteiger partial charge is 0.325 e. The van der Waals surface area contributed by atoms with E-state index in [2.05, 4.69) is 21.6 Å². The quantitative estimate of drug-likeness (QED) is 0.835. The smallest absolute Gasteiger partial charge is 0.321 e. The summed E-state index contributed by atoms with van der Waals surface area (Å²) in [5.41, 5.74) is 1.21. The molecule has 2 amide bonds. The normalized spacial score (nSPS) is 19.6. The summed E-state index contributed by atoms with van der Waals surface area (Å²) < 4.78 is 13.2. The first-order valence-corrected chi connectivity index (χ1v) is 11.0. The van der Waals surface area contributed by atoms with E-state index in [1.54, 1.807) is 24.4 Å². The highest BCUT2D eigenvalue weighted by Crippen LogP contribution is 2.49. The average Bonchev–Trinajstić information content (AvgIpc) is 2.74. The predicted octanol–water partition coefficient (Wildman–Crippen LogP) is 3.32. The van der Waals surface area contributed by atoms with Crippen LogP contribution in [0.15, 0.2) is 47.6 Å². The van der Waals surface area contributed by atoms with E-state index in [4.69, 9.17) is 5.26 Å². The lowest BCUT2D eigenvalue weighted by atomic mass is 9.71. The number of piperidine rings is 1. The fourth-order valence-corrected chi connectivity index (χ4v) is 6.38. The molecular weight excluding hydrogens is 386 g/mol. The van der Waals surface area contributed by atoms with E-state index in [-0.39, 0.29) is 10.8 Å². The van der Waals surface area contributed by atoms with E-state index in [0.717, 1.165) is 37.0 Å². The highest BCUT2D eigenvalue weighted by atomic mass is 32.2. The van der Waals surface area contributed by atoms with Crippen molar-refractivity contribution in [1.29, 1.82) is 5.26 Å². The first-order chi connectivity index (χ1) is 14.1. The van der Waals surface area contributed by atoms with Gasteiger partial charge in [-0.2, -0.15) is 15.5 Å². The van der Waals surface area contributed by atoms with Crippen molar-refractivity contribution >= 4 is 22.5 Å². The zero-order valence-electron chi connectivity index (χ0n) is 16.1. The highest BCUT2D eigenvalue weighted by Gasteiger charge is 2.50. The first-order valence-electron chi connectivity index (χ1n) is 9.87. The summed E-state index contributed by atoms with van der Waals surface area (Å²) in [5, 5.41) is 19.3. The fraction of sp³-hybridized carbons (Fsp3) is 0.429. The molecule has 0 spiro atoms. The Morgan fingerprint density at radius 3 is 2.45 bits per heavy atom. The monoisotopic (exact) mass is 409 g/mol. The molecule has 7 nitrogen and oxygen atoms in total. The van der Waals surface area contributed by atoms with Crippen LogP contribution < -0.4 is 5.32 Å². The van der Waals surface area contributed by atoms with Crippen LogP contribution in [0.25, 0.3) is 0 Å². The molecule has 0 radical (unpaired) electrons. The second-order valence-corrected chi connectivity index (χ2v) is 9.47. The van der Waals surface area contributed by atoms with Gasteiger partial charge in [-0.15, -0.1) is 0 Å². The lowest BCUT2D eigenvalue weighted by molar-refractivity contribution is 0.139. The Bertz CT molecular complexity index is 930. The molecule has 1 aliphatic carbocycles. The summed E-state index contributed by atoms with van der Waals surface area (Å²) in [4.78, 5) is 15.1. The van der Waals surface area contributed by atoms with E-state index in [1.807, 2.05) is 17.0 Å². The number of aromatic nitrogens is 2. The Labute approximate surface area is 172 Å². The number of benzene rings is 1. The van der Waals surface area contributed by atoms with Crippen molar-refractivity contribution < 1.29 is 9.00 Å². The molecule has 2 heterocycles. The number of nitriles is 1. The molecule has 2 fully saturated rings. The van der Waals surface area contributed by atoms with Crippen LogP contribution in [0.5, 0.6) is 0 Å². The van der Waals surface area contributed by atoms with Gasteiger partial charge in [0.25, 0.3) is 0 Å². The van der Waals surface area contributed by atoms with Gasteiger partial charge < -0.3 is 10.2 Å². The van der Waals surface area contributed by atoms with Gasteiger partial charge in [0.05, 0.1) is 45.3 Å². The SMILES string of the molecule is N#Cc1ccc(S(=O)C2(C3CCN(C(=O)Nc4ccnnc4)CC3)CCC2)cc1. The van der Waals surface area contributed by atoms with Gasteiger partial charge in [0, 0.05) is 18.0 Å². The van der Waals surface area contributed by atoms with Crippen molar-refractivity contribution in [3.63, 3.8) is 0 Å². The molecule has 1 saturated heterocycles. The van der Waals surface area contributed by atoms with Gasteiger partial charge in [-0.05, 0) is 61.9 Å². The summed E-state index contributed by atoms with van der Waals surface area (Å²) in [6.07, 6.45) is 7.78. The number of hydrogen-bond donors (Lipinski definition) is 1. The van der Waals surface area contributed by atoms with Crippen molar-refractivity contribution in [2.45, 2.75) is 41.7 Å². The summed E-state index contributed by atoms with van der Waals surface area (Å²) in [5.74, 6) is 0.333. The van der Waals surface area contributed by atoms with Crippen molar-refractivity contribution in [2.24, 2.45) is 5.92 Å². The minimum Gasteiger partial charge on any atom is -0.325 e. The number of carbonyl (C=O) groups excluding carboxylic acids is 1. The number of rotatable bonds is 4. The summed E-state index contributed by atoms with van der Waals surface area (Å²) in [7, 11) is -1.10. The summed E-state index contributed by atoms with van der Waals surface area (Å²) in [6.45, 7) is 1.31. The lowest BCUT2D eigenvalue weighted by Gasteiger charge is -2.49. The number of anilines is 1. The van der Waals surface area contributed by atoms with Crippen LogP contribution in [0.1, 0.15) is 37.7 Å². The van der Waals surface area contributed by atoms with Gasteiger partial charge in [-0.3, -0.25) is 4.21 Å². The molecular formula is C21H23N5O2S. The van der Waals surface area contributed by atoms with E-state index >= 15 is 0 Å². The average molecular weight is 410 g/mol. The van der Waals surface area contributed by atoms with Crippen LogP contribution in [0.4, 0.5) is 10.5 Å². The second kappa shape index (κ2) is 8.29. The maximum atomic E-state index is 13.4. The molecule has 0 bridgehead atoms. The minimum absolute atomic E-state index is 0.132. The third-order valence-corrected chi connectivity index (χ3v) is 8.31. The van der Waals surface area contributed by atoms with Crippen molar-refractivity contribution in [3.05, 3.63) is 48.3 Å². The fourth-order valence-electron chi connectivity index (χ4n) is 4.33. The molecule has 150 valence electrons. The Hall–Kier alpha value is -2.79. The van der Waals surface area contributed by atoms with E-state index in [1.165, 1.54) is 6.20 Å². The number of urea groups is 1. The third-order valence-electron chi connectivity index (χ3n) is 6.13. The number of amides is 2. The van der Waals surface area contributed by atoms with Crippen molar-refractivity contribution in [1.82, 2.24) is 15.1 Å². The number of likely N-dealkylation sites (tertiary alicyclic amines) is 1. The number of nitrogens with zero attached hydrogens (tertiary/aromatic N) is 4. The van der Waals surface area contributed by atoms with Crippen LogP contribution in [0.2, 0.25) is 0 Å². The Kier molecular flexibility index (Phi) is 5.58. The van der Waals surface area contributed by atoms with Gasteiger partial charge in [-0.1, -0.05) is 6.42 Å². The molecule has 1 saturated carbocycles. The highest BCUT2D eigenvalue weighted by molar-refractivity contribution is 7.86. The standard InChI is InChI=1S/C21H23N5O2S/c22-14-16-2-4-19(5-3-16)29(28)21(9-1-10-21)17-7-12-26(13-8-17)20(27)25-18-6-11-23-24-15-18/h2-6,11,15,17H,1,7-10,12-13H2,(H,23,25,27). The molecule has 1 N–H and O–H groups in total. The molecule has 29 heavy (non-hydrogen) atoms. The molecule has 8 heteroatoms. The Morgan fingerprint density at radius 2 is 1.90 bits per heavy atom. The molecule has 1 atom stereocenters. The Balaban J connectivity index is 1.40. The van der Waals surface area contributed by atoms with E-state index < -0.39 is 10.8 Å². The van der Waals surface area contributed by atoms with Gasteiger partial charge in [-0.25, -0.2) is 4.79 Å². The number of nitrogens with one attached hydrogen (secondary N) is 1. The minimum atomic E-state index is -1.10. The zero-order chi connectivity index (χ0) is 20.3. The molecule has 1 aliphatic heterocycles. The van der Waals surface area contributed by atoms with E-state index in [9.17, 15) is 9.00 Å². The first kappa shape index (κ1) is 19.5. The lowest BCUT2D eigenvalue weighted by Crippen LogP contribution is -2.53. The van der Waals surface area contributed by atoms with Crippen LogP contribution in [0.3, 0.4) is 0 Å². The van der Waals surface area contributed by atoms with Crippen LogP contribution >= 0.6 is 0 Å². The van der Waals surface area contributed by atoms with Crippen LogP contribution in [-0.2, 0) is 10.8 Å². The maximum absolute atomic E-state index is 13.4. The third kappa shape index (κ3) is 3.87. The van der Waals surface area contributed by atoms with Gasteiger partial charge in [0.1, 0.15) is 0 Å². The second-order valence-electron chi connectivity index (χ2n) is 7.65. The zero-order valence-corrected chi connectivity index (χ0v) is 16.9. The molecule has 4 rings (SSSR count). The predicted molar refractivity (Wildman–Crippen MR) is 109 cm³/mol. The molecule has 1 unspecified atom stereocenters. The summed E-state index contributed by atoms with van der Waals surface area (Å²) >= 11 is 0. The van der Waals surface area contributed by atoms with Gasteiger partial charge >= 0.3 is 6.03 Å². The molecule has 2 aliphatic rings. The topological polar surface area (TPSA) is 99.0 Å². The molecule has 1 aromatic heterocycles. The Morgan fingerprint density at radius 1 is 1.17 bits per heavy atom. The number of hydrogen-bond acceptors (Lipinski definition) is 5. The van der Waals surface area contributed by atoms with Crippen LogP contribution in [-0.4, -0.2) is 43.2 Å². The van der Waals surface area contributed by atoms with Gasteiger partial charge in [0.15, 0.2) is 0 Å². The van der Waals surface area contributed by atoms with E-state index in [0.29, 0.717) is 30.3 Å². The summed E-state index contributed by atoms with van der Waals surface area (Å²) in [6, 6.07) is 10.8. The van der Waals surface area contributed by atoms with Crippen molar-refractivity contribution in [2.75, 3.05) is 18.4 Å².